The van der Waals surface area contributed by atoms with Crippen molar-refractivity contribution >= 4 is 11.5 Å². The van der Waals surface area contributed by atoms with Crippen LogP contribution in [0.4, 0.5) is 5.82 Å². The number of fused-ring (bicyclic) bond motifs is 1. The molecule has 0 saturated heterocycles. The van der Waals surface area contributed by atoms with Gasteiger partial charge in [0.15, 0.2) is 0 Å². The number of aryl methyl sites for hydroxylation is 1. The highest BCUT2D eigenvalue weighted by molar-refractivity contribution is 5.53. The summed E-state index contributed by atoms with van der Waals surface area (Å²) in [5, 5.41) is 0. The second-order valence-corrected chi connectivity index (χ2v) is 2.56. The van der Waals surface area contributed by atoms with Crippen LogP contribution in [0.2, 0.25) is 0 Å². The normalized spacial score (nSPS) is 10.6. The monoisotopic (exact) mass is 147 g/mol. The number of hydrogen-bond donors (Lipinski definition) is 1. The van der Waals surface area contributed by atoms with Crippen molar-refractivity contribution in [1.82, 2.24) is 9.38 Å². The first-order chi connectivity index (χ1) is 5.29. The van der Waals surface area contributed by atoms with Crippen LogP contribution in [-0.2, 0) is 0 Å². The van der Waals surface area contributed by atoms with Gasteiger partial charge >= 0.3 is 0 Å². The number of nitrogen functional groups attached to an aromatic ring is 1. The summed E-state index contributed by atoms with van der Waals surface area (Å²) < 4.78 is 1.87. The van der Waals surface area contributed by atoms with Crippen molar-refractivity contribution in [3.05, 3.63) is 30.1 Å². The van der Waals surface area contributed by atoms with E-state index >= 15 is 0 Å². The molecule has 11 heavy (non-hydrogen) atoms. The third-order valence-electron chi connectivity index (χ3n) is 1.78. The average Bonchev–Trinajstić information content (AvgIpc) is 2.45. The molecule has 0 saturated carbocycles. The van der Waals surface area contributed by atoms with Crippen LogP contribution in [0, 0.1) is 6.92 Å². The van der Waals surface area contributed by atoms with E-state index in [4.69, 9.17) is 5.73 Å². The number of nitrogens with zero attached hydrogens (tertiary/aromatic N) is 2. The molecule has 0 bridgehead atoms. The van der Waals surface area contributed by atoms with Gasteiger partial charge in [-0.25, -0.2) is 4.98 Å². The molecule has 2 rings (SSSR count). The van der Waals surface area contributed by atoms with Gasteiger partial charge in [-0.05, 0) is 18.6 Å². The van der Waals surface area contributed by atoms with Gasteiger partial charge in [-0.3, -0.25) is 4.40 Å². The van der Waals surface area contributed by atoms with Crippen LogP contribution in [0.3, 0.4) is 0 Å². The molecule has 0 spiro atoms. The van der Waals surface area contributed by atoms with Crippen LogP contribution in [0.5, 0.6) is 0 Å². The first-order valence-electron chi connectivity index (χ1n) is 3.47. The molecule has 2 aromatic rings. The minimum Gasteiger partial charge on any atom is -0.385 e. The molecule has 56 valence electrons. The van der Waals surface area contributed by atoms with E-state index in [0.29, 0.717) is 0 Å². The number of anilines is 1. The molecule has 0 aromatic carbocycles. The lowest BCUT2D eigenvalue weighted by atomic mass is 10.3. The maximum atomic E-state index is 5.69. The van der Waals surface area contributed by atoms with Gasteiger partial charge < -0.3 is 5.73 Å². The number of pyridine rings is 1. The number of rotatable bonds is 0. The van der Waals surface area contributed by atoms with Gasteiger partial charge in [0.2, 0.25) is 0 Å². The summed E-state index contributed by atoms with van der Waals surface area (Å²) in [4.78, 5) is 4.16. The third-order valence-corrected chi connectivity index (χ3v) is 1.78. The summed E-state index contributed by atoms with van der Waals surface area (Å²) in [5.41, 5.74) is 7.77. The smallest absolute Gasteiger partial charge is 0.141 e. The summed E-state index contributed by atoms with van der Waals surface area (Å²) in [5.74, 6) is 0.725. The minimum atomic E-state index is 0.725. The fraction of sp³-hybridized carbons (Fsp3) is 0.125. The standard InChI is InChI=1S/C8H9N3/c1-6-2-3-7(9)11-5-4-10-8(6)11/h2-5H,9H2,1H3. The van der Waals surface area contributed by atoms with Crippen molar-refractivity contribution in [2.75, 3.05) is 5.73 Å². The molecule has 3 nitrogen and oxygen atoms in total. The number of nitrogens with two attached hydrogens (primary N) is 1. The molecule has 3 heteroatoms. The zero-order chi connectivity index (χ0) is 7.84. The lowest BCUT2D eigenvalue weighted by Gasteiger charge is -2.00. The van der Waals surface area contributed by atoms with Gasteiger partial charge in [0.05, 0.1) is 0 Å². The van der Waals surface area contributed by atoms with Gasteiger partial charge in [-0.15, -0.1) is 0 Å². The van der Waals surface area contributed by atoms with Crippen molar-refractivity contribution in [3.63, 3.8) is 0 Å². The summed E-state index contributed by atoms with van der Waals surface area (Å²) in [6.45, 7) is 2.02. The summed E-state index contributed by atoms with van der Waals surface area (Å²) in [7, 11) is 0. The Morgan fingerprint density at radius 3 is 3.00 bits per heavy atom. The molecule has 0 unspecified atom stereocenters. The largest absolute Gasteiger partial charge is 0.385 e. The molecular weight excluding hydrogens is 138 g/mol. The Morgan fingerprint density at radius 2 is 2.27 bits per heavy atom. The Balaban J connectivity index is 2.96. The van der Waals surface area contributed by atoms with Crippen LogP contribution < -0.4 is 5.73 Å². The third kappa shape index (κ3) is 0.774. The quantitative estimate of drug-likeness (QED) is 0.609. The number of aromatic nitrogens is 2. The maximum Gasteiger partial charge on any atom is 0.141 e. The Kier molecular flexibility index (Phi) is 1.12. The molecule has 0 radical (unpaired) electrons. The van der Waals surface area contributed by atoms with Crippen molar-refractivity contribution in [1.29, 1.82) is 0 Å². The van der Waals surface area contributed by atoms with Gasteiger partial charge in [-0.1, -0.05) is 6.07 Å². The summed E-state index contributed by atoms with van der Waals surface area (Å²) in [6.07, 6.45) is 3.61. The van der Waals surface area contributed by atoms with Crippen molar-refractivity contribution in [3.8, 4) is 0 Å². The van der Waals surface area contributed by atoms with Gasteiger partial charge in [-0.2, -0.15) is 0 Å². The van der Waals surface area contributed by atoms with E-state index in [9.17, 15) is 0 Å². The molecule has 0 amide bonds. The minimum absolute atomic E-state index is 0.725. The Bertz CT molecular complexity index is 353. The first kappa shape index (κ1) is 6.22. The zero-order valence-electron chi connectivity index (χ0n) is 6.28. The van der Waals surface area contributed by atoms with Gasteiger partial charge in [0.25, 0.3) is 0 Å². The summed E-state index contributed by atoms with van der Waals surface area (Å²) >= 11 is 0. The zero-order valence-corrected chi connectivity index (χ0v) is 6.28. The highest BCUT2D eigenvalue weighted by Crippen LogP contribution is 2.11. The Hall–Kier alpha value is -1.51. The predicted molar refractivity (Wildman–Crippen MR) is 44.3 cm³/mol. The van der Waals surface area contributed by atoms with E-state index in [1.165, 1.54) is 0 Å². The van der Waals surface area contributed by atoms with Crippen LogP contribution in [0.15, 0.2) is 24.5 Å². The molecular formula is C8H9N3. The van der Waals surface area contributed by atoms with Crippen LogP contribution in [-0.4, -0.2) is 9.38 Å². The first-order valence-corrected chi connectivity index (χ1v) is 3.47. The van der Waals surface area contributed by atoms with Crippen molar-refractivity contribution in [2.45, 2.75) is 6.92 Å². The van der Waals surface area contributed by atoms with Gasteiger partial charge in [0, 0.05) is 12.4 Å². The molecule has 0 aliphatic carbocycles. The Labute approximate surface area is 64.5 Å². The highest BCUT2D eigenvalue weighted by Gasteiger charge is 1.98. The lowest BCUT2D eigenvalue weighted by Crippen LogP contribution is -1.96. The second-order valence-electron chi connectivity index (χ2n) is 2.56. The van der Waals surface area contributed by atoms with E-state index in [1.807, 2.05) is 29.7 Å². The molecule has 0 aliphatic heterocycles. The topological polar surface area (TPSA) is 43.3 Å². The number of hydrogen-bond acceptors (Lipinski definition) is 2. The average molecular weight is 147 g/mol. The fourth-order valence-electron chi connectivity index (χ4n) is 1.17. The highest BCUT2D eigenvalue weighted by atomic mass is 15.0. The molecule has 0 fully saturated rings. The van der Waals surface area contributed by atoms with Crippen LogP contribution >= 0.6 is 0 Å². The van der Waals surface area contributed by atoms with E-state index in [1.54, 1.807) is 6.20 Å². The molecule has 2 N–H and O–H groups in total. The molecule has 0 aliphatic rings. The van der Waals surface area contributed by atoms with Crippen molar-refractivity contribution < 1.29 is 0 Å². The molecule has 2 heterocycles. The van der Waals surface area contributed by atoms with E-state index in [2.05, 4.69) is 4.98 Å². The van der Waals surface area contributed by atoms with E-state index in [-0.39, 0.29) is 0 Å². The fourth-order valence-corrected chi connectivity index (χ4v) is 1.17. The van der Waals surface area contributed by atoms with Crippen molar-refractivity contribution in [2.24, 2.45) is 0 Å². The van der Waals surface area contributed by atoms with Gasteiger partial charge in [0.1, 0.15) is 11.5 Å². The van der Waals surface area contributed by atoms with E-state index in [0.717, 1.165) is 17.0 Å². The van der Waals surface area contributed by atoms with E-state index < -0.39 is 0 Å². The Morgan fingerprint density at radius 1 is 1.45 bits per heavy atom. The molecule has 0 atom stereocenters. The lowest BCUT2D eigenvalue weighted by molar-refractivity contribution is 1.18. The maximum absolute atomic E-state index is 5.69. The van der Waals surface area contributed by atoms with Crippen LogP contribution in [0.25, 0.3) is 5.65 Å². The predicted octanol–water partition coefficient (Wildman–Crippen LogP) is 1.22. The SMILES string of the molecule is Cc1ccc(N)n2ccnc12. The second kappa shape index (κ2) is 1.99. The number of imidazole rings is 1. The molecule has 2 aromatic heterocycles. The van der Waals surface area contributed by atoms with Crippen LogP contribution in [0.1, 0.15) is 5.56 Å². The summed E-state index contributed by atoms with van der Waals surface area (Å²) in [6, 6.07) is 3.85.